The maximum atomic E-state index is 5.19. The van der Waals surface area contributed by atoms with Crippen LogP contribution in [0.4, 0.5) is 0 Å². The maximum Gasteiger partial charge on any atom is 0.191 e. The molecule has 1 saturated heterocycles. The van der Waals surface area contributed by atoms with Gasteiger partial charge in [-0.05, 0) is 62.7 Å². The highest BCUT2D eigenvalue weighted by Gasteiger charge is 2.18. The molecule has 0 aliphatic carbocycles. The fourth-order valence-electron chi connectivity index (χ4n) is 4.27. The Bertz CT molecular complexity index is 792. The van der Waals surface area contributed by atoms with E-state index in [1.165, 1.54) is 34.9 Å². The van der Waals surface area contributed by atoms with Crippen molar-refractivity contribution in [2.75, 3.05) is 53.0 Å². The first-order chi connectivity index (χ1) is 14.7. The van der Waals surface area contributed by atoms with Gasteiger partial charge in [-0.15, -0.1) is 0 Å². The van der Waals surface area contributed by atoms with Crippen LogP contribution in [0.5, 0.6) is 0 Å². The number of fused-ring (bicyclic) bond motifs is 1. The number of para-hydroxylation sites is 1. The van der Waals surface area contributed by atoms with Gasteiger partial charge < -0.3 is 25.3 Å². The van der Waals surface area contributed by atoms with Crippen LogP contribution in [0.3, 0.4) is 0 Å². The summed E-state index contributed by atoms with van der Waals surface area (Å²) in [6, 6.07) is 6.59. The second-order valence-electron chi connectivity index (χ2n) is 8.18. The van der Waals surface area contributed by atoms with Gasteiger partial charge >= 0.3 is 0 Å². The number of nitrogens with zero attached hydrogens (tertiary/aromatic N) is 2. The number of rotatable bonds is 10. The molecule has 0 spiro atoms. The van der Waals surface area contributed by atoms with Gasteiger partial charge in [0.1, 0.15) is 0 Å². The lowest BCUT2D eigenvalue weighted by molar-refractivity contribution is 0.121. The third-order valence-electron chi connectivity index (χ3n) is 6.13. The van der Waals surface area contributed by atoms with Crippen LogP contribution in [-0.2, 0) is 17.6 Å². The average Bonchev–Trinajstić information content (AvgIpc) is 3.20. The van der Waals surface area contributed by atoms with E-state index in [0.29, 0.717) is 5.92 Å². The lowest BCUT2D eigenvalue weighted by Crippen LogP contribution is -2.40. The number of aromatic amines is 1. The summed E-state index contributed by atoms with van der Waals surface area (Å²) in [6.45, 7) is 11.2. The molecule has 1 aromatic heterocycles. The van der Waals surface area contributed by atoms with Gasteiger partial charge in [0.15, 0.2) is 5.96 Å². The van der Waals surface area contributed by atoms with Crippen molar-refractivity contribution in [2.24, 2.45) is 10.9 Å². The molecule has 2 aromatic rings. The summed E-state index contributed by atoms with van der Waals surface area (Å²) in [7, 11) is 1.78. The lowest BCUT2D eigenvalue weighted by atomic mass is 9.97. The lowest BCUT2D eigenvalue weighted by Gasteiger charge is -2.31. The van der Waals surface area contributed by atoms with Crippen LogP contribution in [-0.4, -0.2) is 68.8 Å². The Labute approximate surface area is 181 Å². The number of aliphatic imine (C=N–C) groups is 1. The van der Waals surface area contributed by atoms with Crippen LogP contribution in [0.2, 0.25) is 0 Å². The van der Waals surface area contributed by atoms with Crippen LogP contribution in [0, 0.1) is 5.92 Å². The third kappa shape index (κ3) is 6.22. The van der Waals surface area contributed by atoms with E-state index in [-0.39, 0.29) is 0 Å². The van der Waals surface area contributed by atoms with E-state index in [2.05, 4.69) is 58.8 Å². The molecule has 1 aromatic carbocycles. The Morgan fingerprint density at radius 3 is 2.77 bits per heavy atom. The van der Waals surface area contributed by atoms with Gasteiger partial charge in [0.05, 0.1) is 6.61 Å². The summed E-state index contributed by atoms with van der Waals surface area (Å²) in [6.07, 6.45) is 6.64. The minimum absolute atomic E-state index is 0.681. The first kappa shape index (κ1) is 22.6. The van der Waals surface area contributed by atoms with Crippen molar-refractivity contribution in [1.29, 1.82) is 0 Å². The van der Waals surface area contributed by atoms with Crippen LogP contribution < -0.4 is 10.6 Å². The number of hydrogen-bond acceptors (Lipinski definition) is 3. The van der Waals surface area contributed by atoms with E-state index in [1.807, 2.05) is 0 Å². The predicted molar refractivity (Wildman–Crippen MR) is 126 cm³/mol. The maximum absolute atomic E-state index is 5.19. The van der Waals surface area contributed by atoms with Crippen molar-refractivity contribution in [2.45, 2.75) is 39.5 Å². The van der Waals surface area contributed by atoms with Crippen LogP contribution in [0.25, 0.3) is 10.9 Å². The fourth-order valence-corrected chi connectivity index (χ4v) is 4.27. The van der Waals surface area contributed by atoms with Gasteiger partial charge in [-0.3, -0.25) is 4.99 Å². The average molecular weight is 414 g/mol. The fraction of sp³-hybridized carbons (Fsp3) is 0.625. The van der Waals surface area contributed by atoms with Crippen LogP contribution in [0.15, 0.2) is 29.4 Å². The molecule has 30 heavy (non-hydrogen) atoms. The summed E-state index contributed by atoms with van der Waals surface area (Å²) in [4.78, 5) is 10.8. The molecular weight excluding hydrogens is 374 g/mol. The van der Waals surface area contributed by atoms with Crippen molar-refractivity contribution in [3.05, 3.63) is 35.5 Å². The molecule has 1 aliphatic rings. The molecule has 1 fully saturated rings. The summed E-state index contributed by atoms with van der Waals surface area (Å²) >= 11 is 0. The molecule has 3 rings (SSSR count). The first-order valence-corrected chi connectivity index (χ1v) is 11.6. The zero-order valence-electron chi connectivity index (χ0n) is 19.0. The Morgan fingerprint density at radius 2 is 2.03 bits per heavy atom. The Morgan fingerprint density at radius 1 is 1.20 bits per heavy atom. The first-order valence-electron chi connectivity index (χ1n) is 11.6. The Hall–Kier alpha value is -2.05. The number of ether oxygens (including phenoxy) is 1. The smallest absolute Gasteiger partial charge is 0.191 e. The summed E-state index contributed by atoms with van der Waals surface area (Å²) < 4.78 is 5.19. The number of nitrogens with one attached hydrogen (secondary N) is 3. The predicted octanol–water partition coefficient (Wildman–Crippen LogP) is 3.19. The third-order valence-corrected chi connectivity index (χ3v) is 6.13. The van der Waals surface area contributed by atoms with E-state index >= 15 is 0 Å². The summed E-state index contributed by atoms with van der Waals surface area (Å²) in [5.41, 5.74) is 4.04. The van der Waals surface area contributed by atoms with Crippen molar-refractivity contribution in [3.8, 4) is 0 Å². The zero-order chi connectivity index (χ0) is 21.2. The Balaban J connectivity index is 1.48. The van der Waals surface area contributed by atoms with Crippen molar-refractivity contribution >= 4 is 16.9 Å². The zero-order valence-corrected chi connectivity index (χ0v) is 19.0. The number of likely N-dealkylation sites (tertiary alicyclic amines) is 1. The van der Waals surface area contributed by atoms with E-state index in [0.717, 1.165) is 64.7 Å². The molecule has 0 unspecified atom stereocenters. The second-order valence-corrected chi connectivity index (χ2v) is 8.18. The molecule has 0 amide bonds. The van der Waals surface area contributed by atoms with Gasteiger partial charge in [0.2, 0.25) is 0 Å². The standard InChI is InChI=1S/C24H39N5O/c1-4-20-7-6-8-22-21(18-27-23(20)22)9-12-26-24(25-5-2)28-17-19-10-13-29(14-11-19)15-16-30-3/h6-8,18-19,27H,4-5,9-17H2,1-3H3,(H2,25,26,28). The van der Waals surface area contributed by atoms with Gasteiger partial charge in [-0.2, -0.15) is 0 Å². The monoisotopic (exact) mass is 413 g/mol. The normalized spacial score (nSPS) is 16.3. The van der Waals surface area contributed by atoms with E-state index in [1.54, 1.807) is 7.11 Å². The van der Waals surface area contributed by atoms with Crippen LogP contribution in [0.1, 0.15) is 37.8 Å². The molecule has 2 heterocycles. The number of aryl methyl sites for hydroxylation is 1. The van der Waals surface area contributed by atoms with Gasteiger partial charge in [-0.25, -0.2) is 0 Å². The van der Waals surface area contributed by atoms with Crippen LogP contribution >= 0.6 is 0 Å². The summed E-state index contributed by atoms with van der Waals surface area (Å²) in [5.74, 6) is 1.62. The second kappa shape index (κ2) is 12.0. The highest BCUT2D eigenvalue weighted by molar-refractivity contribution is 5.86. The van der Waals surface area contributed by atoms with E-state index in [4.69, 9.17) is 9.73 Å². The number of methoxy groups -OCH3 is 1. The van der Waals surface area contributed by atoms with Crippen molar-refractivity contribution in [1.82, 2.24) is 20.5 Å². The molecule has 166 valence electrons. The number of hydrogen-bond donors (Lipinski definition) is 3. The largest absolute Gasteiger partial charge is 0.383 e. The SMILES string of the molecule is CCNC(=NCC1CCN(CCOC)CC1)NCCc1c[nH]c2c(CC)cccc12. The topological polar surface area (TPSA) is 64.7 Å². The van der Waals surface area contributed by atoms with E-state index < -0.39 is 0 Å². The molecule has 3 N–H and O–H groups in total. The number of aromatic nitrogens is 1. The highest BCUT2D eigenvalue weighted by atomic mass is 16.5. The highest BCUT2D eigenvalue weighted by Crippen LogP contribution is 2.22. The van der Waals surface area contributed by atoms with Gasteiger partial charge in [-0.1, -0.05) is 25.1 Å². The molecule has 0 bridgehead atoms. The number of benzene rings is 1. The molecule has 0 saturated carbocycles. The number of piperidine rings is 1. The molecule has 0 atom stereocenters. The quantitative estimate of drug-likeness (QED) is 0.413. The summed E-state index contributed by atoms with van der Waals surface area (Å²) in [5, 5.41) is 8.27. The van der Waals surface area contributed by atoms with Crippen molar-refractivity contribution in [3.63, 3.8) is 0 Å². The number of H-pyrrole nitrogens is 1. The minimum Gasteiger partial charge on any atom is -0.383 e. The molecule has 6 heteroatoms. The minimum atomic E-state index is 0.681. The molecule has 6 nitrogen and oxygen atoms in total. The molecular formula is C24H39N5O. The number of guanidine groups is 1. The van der Waals surface area contributed by atoms with Gasteiger partial charge in [0, 0.05) is 50.4 Å². The molecule has 1 aliphatic heterocycles. The Kier molecular flexibility index (Phi) is 9.02. The van der Waals surface area contributed by atoms with E-state index in [9.17, 15) is 0 Å². The molecule has 0 radical (unpaired) electrons. The van der Waals surface area contributed by atoms with Gasteiger partial charge in [0.25, 0.3) is 0 Å². The van der Waals surface area contributed by atoms with Crippen molar-refractivity contribution < 1.29 is 4.74 Å².